The Balaban J connectivity index is 1.28. The van der Waals surface area contributed by atoms with E-state index in [4.69, 9.17) is 32.9 Å². The van der Waals surface area contributed by atoms with E-state index in [9.17, 15) is 19.2 Å². The molecule has 0 bridgehead atoms. The molecule has 2 fully saturated rings. The van der Waals surface area contributed by atoms with E-state index in [1.54, 1.807) is 42.5 Å². The zero-order valence-corrected chi connectivity index (χ0v) is 25.1. The zero-order chi connectivity index (χ0) is 30.4. The first-order valence-corrected chi connectivity index (χ1v) is 14.9. The number of carbonyl (C=O) groups is 4. The SMILES string of the molecule is Cc1cccc2c(C(=O)OCC(=O)c3ccc(Cl)cc3Cl)cc(-c3ccc(N4C(=O)C5CCC(C)CC5C4=O)cc3)nc12. The van der Waals surface area contributed by atoms with Crippen molar-refractivity contribution in [1.82, 2.24) is 4.98 Å². The highest BCUT2D eigenvalue weighted by atomic mass is 35.5. The highest BCUT2D eigenvalue weighted by Gasteiger charge is 2.49. The van der Waals surface area contributed by atoms with Crippen molar-refractivity contribution in [2.45, 2.75) is 33.1 Å². The van der Waals surface area contributed by atoms with Crippen LogP contribution in [0.5, 0.6) is 0 Å². The fourth-order valence-corrected chi connectivity index (χ4v) is 6.65. The standard InChI is InChI=1S/C34H28Cl2N2O5/c1-18-6-12-24-26(14-18)33(41)38(32(24)40)22-10-7-20(8-11-22)29-16-27(23-5-3-4-19(2)31(23)37-29)34(42)43-17-30(39)25-13-9-21(35)15-28(25)36/h3-5,7-11,13,15-16,18,24,26H,6,12,14,17H2,1-2H3. The van der Waals surface area contributed by atoms with Crippen LogP contribution in [0.2, 0.25) is 10.0 Å². The lowest BCUT2D eigenvalue weighted by Gasteiger charge is -2.25. The summed E-state index contributed by atoms with van der Waals surface area (Å²) in [5.41, 5.74) is 3.66. The summed E-state index contributed by atoms with van der Waals surface area (Å²) in [6, 6.07) is 18.7. The van der Waals surface area contributed by atoms with Gasteiger partial charge >= 0.3 is 5.97 Å². The second-order valence-corrected chi connectivity index (χ2v) is 12.2. The van der Waals surface area contributed by atoms with Crippen LogP contribution in [0.25, 0.3) is 22.2 Å². The molecule has 3 unspecified atom stereocenters. The number of fused-ring (bicyclic) bond motifs is 2. The van der Waals surface area contributed by atoms with Gasteiger partial charge in [-0.25, -0.2) is 9.78 Å². The van der Waals surface area contributed by atoms with Gasteiger partial charge in [-0.1, -0.05) is 60.5 Å². The molecule has 6 rings (SSSR count). The lowest BCUT2D eigenvalue weighted by molar-refractivity contribution is -0.122. The Morgan fingerprint density at radius 1 is 0.930 bits per heavy atom. The molecule has 1 aliphatic heterocycles. The number of para-hydroxylation sites is 1. The number of Topliss-reactive ketones (excluding diaryl/α,β-unsaturated/α-hetero) is 1. The molecule has 2 aliphatic rings. The normalized spacial score (nSPS) is 19.9. The minimum atomic E-state index is -0.681. The van der Waals surface area contributed by atoms with Gasteiger partial charge in [0.1, 0.15) is 0 Å². The summed E-state index contributed by atoms with van der Waals surface area (Å²) in [7, 11) is 0. The fourth-order valence-electron chi connectivity index (χ4n) is 6.14. The molecule has 1 aromatic heterocycles. The second-order valence-electron chi connectivity index (χ2n) is 11.3. The quantitative estimate of drug-likeness (QED) is 0.127. The number of halogens is 2. The van der Waals surface area contributed by atoms with E-state index in [1.165, 1.54) is 17.0 Å². The highest BCUT2D eigenvalue weighted by molar-refractivity contribution is 6.37. The van der Waals surface area contributed by atoms with Gasteiger partial charge in [-0.15, -0.1) is 0 Å². The smallest absolute Gasteiger partial charge is 0.339 e. The first-order valence-electron chi connectivity index (χ1n) is 14.2. The summed E-state index contributed by atoms with van der Waals surface area (Å²) < 4.78 is 5.44. The number of carbonyl (C=O) groups excluding carboxylic acids is 4. The molecule has 1 saturated carbocycles. The number of ether oxygens (including phenoxy) is 1. The average Bonchev–Trinajstić information content (AvgIpc) is 3.24. The predicted molar refractivity (Wildman–Crippen MR) is 165 cm³/mol. The molecular formula is C34H28Cl2N2O5. The van der Waals surface area contributed by atoms with Crippen molar-refractivity contribution >= 4 is 63.4 Å². The van der Waals surface area contributed by atoms with Gasteiger partial charge in [0.25, 0.3) is 0 Å². The lowest BCUT2D eigenvalue weighted by Crippen LogP contribution is -2.30. The first-order chi connectivity index (χ1) is 20.6. The van der Waals surface area contributed by atoms with Crippen LogP contribution in [0.15, 0.2) is 66.7 Å². The Kier molecular flexibility index (Phi) is 7.79. The summed E-state index contributed by atoms with van der Waals surface area (Å²) in [4.78, 5) is 58.6. The predicted octanol–water partition coefficient (Wildman–Crippen LogP) is 7.48. The second kappa shape index (κ2) is 11.5. The third-order valence-electron chi connectivity index (χ3n) is 8.44. The number of anilines is 1. The van der Waals surface area contributed by atoms with E-state index in [0.717, 1.165) is 24.8 Å². The number of benzene rings is 3. The topological polar surface area (TPSA) is 93.6 Å². The number of esters is 1. The third kappa shape index (κ3) is 5.43. The van der Waals surface area contributed by atoms with Crippen LogP contribution >= 0.6 is 23.2 Å². The summed E-state index contributed by atoms with van der Waals surface area (Å²) in [6.07, 6.45) is 2.43. The van der Waals surface area contributed by atoms with Crippen LogP contribution in [0.1, 0.15) is 52.5 Å². The van der Waals surface area contributed by atoms with E-state index in [1.807, 2.05) is 19.1 Å². The zero-order valence-electron chi connectivity index (χ0n) is 23.6. The monoisotopic (exact) mass is 614 g/mol. The number of ketones is 1. The van der Waals surface area contributed by atoms with E-state index in [0.29, 0.717) is 38.8 Å². The minimum Gasteiger partial charge on any atom is -0.454 e. The molecule has 2 amide bonds. The number of aromatic nitrogens is 1. The minimum absolute atomic E-state index is 0.131. The molecule has 9 heteroatoms. The van der Waals surface area contributed by atoms with Gasteiger partial charge in [0.15, 0.2) is 6.61 Å². The number of amides is 2. The van der Waals surface area contributed by atoms with Gasteiger partial charge < -0.3 is 4.74 Å². The molecule has 218 valence electrons. The average molecular weight is 616 g/mol. The molecule has 7 nitrogen and oxygen atoms in total. The van der Waals surface area contributed by atoms with Crippen LogP contribution in [0.3, 0.4) is 0 Å². The van der Waals surface area contributed by atoms with Crippen LogP contribution in [0.4, 0.5) is 5.69 Å². The molecule has 0 N–H and O–H groups in total. The Morgan fingerprint density at radius 3 is 2.42 bits per heavy atom. The Bertz CT molecular complexity index is 1800. The first kappa shape index (κ1) is 29.0. The van der Waals surface area contributed by atoms with Crippen molar-refractivity contribution in [2.75, 3.05) is 11.5 Å². The summed E-state index contributed by atoms with van der Waals surface area (Å²) in [5, 5.41) is 1.16. The highest BCUT2D eigenvalue weighted by Crippen LogP contribution is 2.42. The fraction of sp³-hybridized carbons (Fsp3) is 0.265. The van der Waals surface area contributed by atoms with Crippen molar-refractivity contribution in [3.05, 3.63) is 93.5 Å². The van der Waals surface area contributed by atoms with Crippen molar-refractivity contribution in [2.24, 2.45) is 17.8 Å². The van der Waals surface area contributed by atoms with Crippen molar-refractivity contribution in [3.8, 4) is 11.3 Å². The van der Waals surface area contributed by atoms with E-state index >= 15 is 0 Å². The van der Waals surface area contributed by atoms with E-state index in [-0.39, 0.29) is 39.8 Å². The summed E-state index contributed by atoms with van der Waals surface area (Å²) >= 11 is 12.1. The molecule has 3 atom stereocenters. The molecule has 1 aliphatic carbocycles. The van der Waals surface area contributed by atoms with E-state index < -0.39 is 18.4 Å². The van der Waals surface area contributed by atoms with Gasteiger partial charge in [0.2, 0.25) is 17.6 Å². The Morgan fingerprint density at radius 2 is 1.67 bits per heavy atom. The molecule has 43 heavy (non-hydrogen) atoms. The maximum atomic E-state index is 13.3. The Hall–Kier alpha value is -4.07. The molecule has 1 saturated heterocycles. The summed E-state index contributed by atoms with van der Waals surface area (Å²) in [5.74, 6) is -1.47. The van der Waals surface area contributed by atoms with Gasteiger partial charge in [0.05, 0.1) is 39.3 Å². The van der Waals surface area contributed by atoms with Crippen LogP contribution < -0.4 is 4.90 Å². The number of pyridine rings is 1. The van der Waals surface area contributed by atoms with Gasteiger partial charge in [-0.3, -0.25) is 19.3 Å². The Labute approximate surface area is 258 Å². The number of rotatable bonds is 6. The largest absolute Gasteiger partial charge is 0.454 e. The van der Waals surface area contributed by atoms with Gasteiger partial charge in [-0.2, -0.15) is 0 Å². The number of hydrogen-bond acceptors (Lipinski definition) is 6. The molecule has 3 aromatic carbocycles. The van der Waals surface area contributed by atoms with Crippen molar-refractivity contribution < 1.29 is 23.9 Å². The molecular weight excluding hydrogens is 587 g/mol. The number of hydrogen-bond donors (Lipinski definition) is 0. The number of nitrogens with zero attached hydrogens (tertiary/aromatic N) is 2. The molecule has 2 heterocycles. The molecule has 0 spiro atoms. The maximum absolute atomic E-state index is 13.3. The number of aryl methyl sites for hydroxylation is 1. The van der Waals surface area contributed by atoms with E-state index in [2.05, 4.69) is 6.92 Å². The number of imide groups is 1. The van der Waals surface area contributed by atoms with Gasteiger partial charge in [0, 0.05) is 21.5 Å². The summed E-state index contributed by atoms with van der Waals surface area (Å²) in [6.45, 7) is 3.52. The van der Waals surface area contributed by atoms with Crippen LogP contribution in [0, 0.1) is 24.7 Å². The lowest BCUT2D eigenvalue weighted by atomic mass is 9.76. The van der Waals surface area contributed by atoms with Crippen molar-refractivity contribution in [3.63, 3.8) is 0 Å². The van der Waals surface area contributed by atoms with Crippen molar-refractivity contribution in [1.29, 1.82) is 0 Å². The third-order valence-corrected chi connectivity index (χ3v) is 8.98. The molecule has 0 radical (unpaired) electrons. The maximum Gasteiger partial charge on any atom is 0.339 e. The van der Waals surface area contributed by atoms with Crippen LogP contribution in [-0.2, 0) is 14.3 Å². The molecule has 4 aromatic rings. The van der Waals surface area contributed by atoms with Gasteiger partial charge in [-0.05, 0) is 74.1 Å². The van der Waals surface area contributed by atoms with Crippen LogP contribution in [-0.4, -0.2) is 35.2 Å².